The standard InChI is InChI=1S/C21H30N2O3/c22-13-16-26-15-5-4-14-23-19(9-6-10-21(23)25)11-12-20(24)17-18-7-2-1-3-8-18/h1-3,7-8,19-20,24H,4-6,9-12,14-17H2/t19-,20?/m1/s1. The molecule has 5 heteroatoms. The molecule has 1 unspecified atom stereocenters. The molecule has 1 aliphatic rings. The van der Waals surface area contributed by atoms with Crippen LogP contribution in [0, 0.1) is 11.3 Å². The molecular weight excluding hydrogens is 328 g/mol. The molecule has 142 valence electrons. The lowest BCUT2D eigenvalue weighted by Gasteiger charge is -2.36. The number of carbonyl (C=O) groups is 1. The first-order valence-corrected chi connectivity index (χ1v) is 9.67. The molecule has 0 aliphatic carbocycles. The molecule has 0 radical (unpaired) electrons. The van der Waals surface area contributed by atoms with Crippen LogP contribution in [0.25, 0.3) is 0 Å². The molecular formula is C21H30N2O3. The van der Waals surface area contributed by atoms with Gasteiger partial charge in [0.15, 0.2) is 0 Å². The van der Waals surface area contributed by atoms with E-state index in [-0.39, 0.29) is 24.7 Å². The normalized spacial score (nSPS) is 18.5. The maximum atomic E-state index is 12.3. The third-order valence-corrected chi connectivity index (χ3v) is 4.94. The quantitative estimate of drug-likeness (QED) is 0.617. The van der Waals surface area contributed by atoms with Gasteiger partial charge in [-0.25, -0.2) is 0 Å². The number of hydrogen-bond acceptors (Lipinski definition) is 4. The van der Waals surface area contributed by atoms with Crippen LogP contribution >= 0.6 is 0 Å². The van der Waals surface area contributed by atoms with Crippen molar-refractivity contribution in [1.82, 2.24) is 4.90 Å². The third kappa shape index (κ3) is 7.15. The highest BCUT2D eigenvalue weighted by Gasteiger charge is 2.27. The molecule has 26 heavy (non-hydrogen) atoms. The fourth-order valence-electron chi connectivity index (χ4n) is 3.58. The number of rotatable bonds is 11. The summed E-state index contributed by atoms with van der Waals surface area (Å²) >= 11 is 0. The highest BCUT2D eigenvalue weighted by Crippen LogP contribution is 2.23. The van der Waals surface area contributed by atoms with Gasteiger partial charge in [-0.15, -0.1) is 0 Å². The number of carbonyl (C=O) groups excluding carboxylic acids is 1. The predicted molar refractivity (Wildman–Crippen MR) is 100 cm³/mol. The zero-order valence-electron chi connectivity index (χ0n) is 15.5. The minimum absolute atomic E-state index is 0.130. The fourth-order valence-corrected chi connectivity index (χ4v) is 3.58. The zero-order chi connectivity index (χ0) is 18.6. The van der Waals surface area contributed by atoms with E-state index < -0.39 is 0 Å². The zero-order valence-corrected chi connectivity index (χ0v) is 15.5. The van der Waals surface area contributed by atoms with Crippen LogP contribution in [-0.4, -0.2) is 47.8 Å². The number of piperidine rings is 1. The van der Waals surface area contributed by atoms with E-state index >= 15 is 0 Å². The van der Waals surface area contributed by atoms with E-state index in [2.05, 4.69) is 0 Å². The molecule has 1 amide bonds. The molecule has 2 atom stereocenters. The van der Waals surface area contributed by atoms with E-state index in [9.17, 15) is 9.90 Å². The summed E-state index contributed by atoms with van der Waals surface area (Å²) < 4.78 is 5.16. The number of unbranched alkanes of at least 4 members (excludes halogenated alkanes) is 1. The number of nitriles is 1. The van der Waals surface area contributed by atoms with Crippen molar-refractivity contribution in [2.24, 2.45) is 0 Å². The van der Waals surface area contributed by atoms with Crippen molar-refractivity contribution in [2.45, 2.75) is 63.5 Å². The largest absolute Gasteiger partial charge is 0.393 e. The second-order valence-electron chi connectivity index (χ2n) is 6.97. The van der Waals surface area contributed by atoms with Gasteiger partial charge in [0.25, 0.3) is 0 Å². The Kier molecular flexibility index (Phi) is 9.16. The van der Waals surface area contributed by atoms with Crippen molar-refractivity contribution >= 4 is 5.91 Å². The van der Waals surface area contributed by atoms with E-state index in [1.165, 1.54) is 0 Å². The molecule has 1 saturated heterocycles. The molecule has 0 saturated carbocycles. The smallest absolute Gasteiger partial charge is 0.222 e. The van der Waals surface area contributed by atoms with E-state index in [4.69, 9.17) is 10.00 Å². The van der Waals surface area contributed by atoms with Crippen LogP contribution in [0.15, 0.2) is 30.3 Å². The van der Waals surface area contributed by atoms with E-state index in [1.54, 1.807) is 0 Å². The first-order chi connectivity index (χ1) is 12.7. The Morgan fingerprint density at radius 3 is 2.88 bits per heavy atom. The summed E-state index contributed by atoms with van der Waals surface area (Å²) in [6, 6.07) is 12.2. The van der Waals surface area contributed by atoms with Crippen LogP contribution < -0.4 is 0 Å². The van der Waals surface area contributed by atoms with Gasteiger partial charge in [0.05, 0.1) is 12.2 Å². The summed E-state index contributed by atoms with van der Waals surface area (Å²) in [6.45, 7) is 1.44. The molecule has 1 aromatic rings. The highest BCUT2D eigenvalue weighted by atomic mass is 16.5. The molecule has 1 heterocycles. The maximum absolute atomic E-state index is 12.3. The lowest BCUT2D eigenvalue weighted by molar-refractivity contribution is -0.136. The maximum Gasteiger partial charge on any atom is 0.222 e. The van der Waals surface area contributed by atoms with E-state index in [0.29, 0.717) is 25.9 Å². The van der Waals surface area contributed by atoms with Gasteiger partial charge < -0.3 is 14.7 Å². The molecule has 0 aromatic heterocycles. The summed E-state index contributed by atoms with van der Waals surface area (Å²) in [7, 11) is 0. The average molecular weight is 358 g/mol. The van der Waals surface area contributed by atoms with Gasteiger partial charge in [-0.2, -0.15) is 5.26 Å². The Hall–Kier alpha value is -1.90. The molecule has 0 bridgehead atoms. The summed E-state index contributed by atoms with van der Waals surface area (Å²) in [5.41, 5.74) is 1.15. The number of nitrogens with zero attached hydrogens (tertiary/aromatic N) is 2. The number of hydrogen-bond donors (Lipinski definition) is 1. The first-order valence-electron chi connectivity index (χ1n) is 9.67. The summed E-state index contributed by atoms with van der Waals surface area (Å²) in [6.07, 6.45) is 6.21. The number of benzene rings is 1. The molecule has 2 rings (SSSR count). The van der Waals surface area contributed by atoms with Crippen LogP contribution in [-0.2, 0) is 16.0 Å². The highest BCUT2D eigenvalue weighted by molar-refractivity contribution is 5.77. The minimum Gasteiger partial charge on any atom is -0.393 e. The molecule has 5 nitrogen and oxygen atoms in total. The van der Waals surface area contributed by atoms with Crippen LogP contribution in [0.5, 0.6) is 0 Å². The number of ether oxygens (including phenoxy) is 1. The first kappa shape index (κ1) is 20.4. The third-order valence-electron chi connectivity index (χ3n) is 4.94. The van der Waals surface area contributed by atoms with Crippen LogP contribution in [0.4, 0.5) is 0 Å². The van der Waals surface area contributed by atoms with Crippen molar-refractivity contribution in [3.05, 3.63) is 35.9 Å². The van der Waals surface area contributed by atoms with Gasteiger partial charge in [0.2, 0.25) is 5.91 Å². The lowest BCUT2D eigenvalue weighted by atomic mass is 9.94. The number of amides is 1. The second-order valence-corrected chi connectivity index (χ2v) is 6.97. The molecule has 0 spiro atoms. The SMILES string of the molecule is N#CCOCCCCN1C(=O)CCC[C@@H]1CCC(O)Cc1ccccc1. The lowest BCUT2D eigenvalue weighted by Crippen LogP contribution is -2.44. The Balaban J connectivity index is 1.74. The van der Waals surface area contributed by atoms with Crippen molar-refractivity contribution in [2.75, 3.05) is 19.8 Å². The summed E-state index contributed by atoms with van der Waals surface area (Å²) in [5, 5.41) is 18.8. The van der Waals surface area contributed by atoms with Crippen molar-refractivity contribution in [3.63, 3.8) is 0 Å². The number of aliphatic hydroxyl groups is 1. The number of likely N-dealkylation sites (tertiary alicyclic amines) is 1. The van der Waals surface area contributed by atoms with Crippen LogP contribution in [0.2, 0.25) is 0 Å². The Morgan fingerprint density at radius 2 is 2.12 bits per heavy atom. The van der Waals surface area contributed by atoms with Crippen molar-refractivity contribution in [3.8, 4) is 6.07 Å². The van der Waals surface area contributed by atoms with Crippen molar-refractivity contribution < 1.29 is 14.6 Å². The van der Waals surface area contributed by atoms with Gasteiger partial charge in [-0.3, -0.25) is 4.79 Å². The Labute approximate surface area is 156 Å². The van der Waals surface area contributed by atoms with Crippen LogP contribution in [0.3, 0.4) is 0 Å². The molecule has 1 aliphatic heterocycles. The number of aliphatic hydroxyl groups excluding tert-OH is 1. The fraction of sp³-hybridized carbons (Fsp3) is 0.619. The van der Waals surface area contributed by atoms with Gasteiger partial charge in [0.1, 0.15) is 6.61 Å². The minimum atomic E-state index is -0.365. The van der Waals surface area contributed by atoms with Crippen molar-refractivity contribution in [1.29, 1.82) is 5.26 Å². The monoisotopic (exact) mass is 358 g/mol. The Bertz CT molecular complexity index is 570. The van der Waals surface area contributed by atoms with Gasteiger partial charge in [-0.05, 0) is 50.5 Å². The molecule has 1 aromatic carbocycles. The van der Waals surface area contributed by atoms with Gasteiger partial charge >= 0.3 is 0 Å². The van der Waals surface area contributed by atoms with Crippen LogP contribution in [0.1, 0.15) is 50.5 Å². The van der Waals surface area contributed by atoms with Gasteiger partial charge in [-0.1, -0.05) is 30.3 Å². The van der Waals surface area contributed by atoms with Gasteiger partial charge in [0, 0.05) is 25.6 Å². The summed E-state index contributed by atoms with van der Waals surface area (Å²) in [4.78, 5) is 14.3. The Morgan fingerprint density at radius 1 is 1.31 bits per heavy atom. The average Bonchev–Trinajstić information content (AvgIpc) is 2.65. The van der Waals surface area contributed by atoms with E-state index in [0.717, 1.165) is 44.2 Å². The van der Waals surface area contributed by atoms with E-state index in [1.807, 2.05) is 41.3 Å². The topological polar surface area (TPSA) is 73.6 Å². The molecule has 1 fully saturated rings. The summed E-state index contributed by atoms with van der Waals surface area (Å²) in [5.74, 6) is 0.233. The second kappa shape index (κ2) is 11.7. The molecule has 1 N–H and O–H groups in total. The predicted octanol–water partition coefficient (Wildman–Crippen LogP) is 3.07.